The quantitative estimate of drug-likeness (QED) is 0.654. The molecule has 4 nitrogen and oxygen atoms in total. The molecule has 0 spiro atoms. The SMILES string of the molecule is Cc1[nH]c(C(=O)O)c(C)c1C#N. The van der Waals surface area contributed by atoms with Crippen molar-refractivity contribution >= 4 is 5.97 Å². The molecule has 1 aromatic heterocycles. The van der Waals surface area contributed by atoms with Crippen LogP contribution in [0.4, 0.5) is 0 Å². The van der Waals surface area contributed by atoms with Crippen LogP contribution in [0.3, 0.4) is 0 Å². The van der Waals surface area contributed by atoms with Crippen molar-refractivity contribution in [1.82, 2.24) is 4.98 Å². The van der Waals surface area contributed by atoms with E-state index in [1.807, 2.05) is 6.07 Å². The molecule has 4 heteroatoms. The lowest BCUT2D eigenvalue weighted by Crippen LogP contribution is -1.98. The number of aromatic nitrogens is 1. The van der Waals surface area contributed by atoms with Gasteiger partial charge in [0.05, 0.1) is 5.56 Å². The average molecular weight is 164 g/mol. The summed E-state index contributed by atoms with van der Waals surface area (Å²) in [6.07, 6.45) is 0. The van der Waals surface area contributed by atoms with E-state index in [9.17, 15) is 4.79 Å². The van der Waals surface area contributed by atoms with E-state index in [1.54, 1.807) is 13.8 Å². The minimum absolute atomic E-state index is 0.101. The monoisotopic (exact) mass is 164 g/mol. The number of carboxylic acid groups (broad SMARTS) is 1. The summed E-state index contributed by atoms with van der Waals surface area (Å²) in [6.45, 7) is 3.30. The Balaban J connectivity index is 3.39. The molecule has 0 aliphatic rings. The summed E-state index contributed by atoms with van der Waals surface area (Å²) in [5.74, 6) is -1.03. The summed E-state index contributed by atoms with van der Waals surface area (Å²) in [6, 6.07) is 1.94. The minimum Gasteiger partial charge on any atom is -0.477 e. The van der Waals surface area contributed by atoms with Gasteiger partial charge in [-0.25, -0.2) is 4.79 Å². The number of carbonyl (C=O) groups is 1. The molecule has 1 rings (SSSR count). The first-order valence-electron chi connectivity index (χ1n) is 3.40. The first kappa shape index (κ1) is 8.34. The van der Waals surface area contributed by atoms with Gasteiger partial charge in [-0.3, -0.25) is 0 Å². The van der Waals surface area contributed by atoms with Gasteiger partial charge in [-0.05, 0) is 19.4 Å². The highest BCUT2D eigenvalue weighted by Crippen LogP contribution is 2.15. The molecule has 0 saturated carbocycles. The summed E-state index contributed by atoms with van der Waals surface area (Å²) in [5.41, 5.74) is 1.63. The van der Waals surface area contributed by atoms with Crippen molar-refractivity contribution in [3.8, 4) is 6.07 Å². The number of hydrogen-bond acceptors (Lipinski definition) is 2. The molecule has 12 heavy (non-hydrogen) atoms. The first-order chi connectivity index (χ1) is 5.57. The predicted octanol–water partition coefficient (Wildman–Crippen LogP) is 1.20. The summed E-state index contributed by atoms with van der Waals surface area (Å²) < 4.78 is 0. The normalized spacial score (nSPS) is 9.42. The number of aromatic amines is 1. The molecule has 0 atom stereocenters. The van der Waals surface area contributed by atoms with Crippen LogP contribution in [0, 0.1) is 25.2 Å². The second-order valence-corrected chi connectivity index (χ2v) is 2.54. The Kier molecular flexibility index (Phi) is 1.88. The minimum atomic E-state index is -1.03. The molecule has 0 bridgehead atoms. The standard InChI is InChI=1S/C8H8N2O2/c1-4-6(3-9)5(2)10-7(4)8(11)12/h10H,1-2H3,(H,11,12). The fourth-order valence-electron chi connectivity index (χ4n) is 1.13. The van der Waals surface area contributed by atoms with Crippen molar-refractivity contribution < 1.29 is 9.90 Å². The molecule has 0 radical (unpaired) electrons. The van der Waals surface area contributed by atoms with Gasteiger partial charge in [-0.15, -0.1) is 0 Å². The van der Waals surface area contributed by atoms with E-state index >= 15 is 0 Å². The van der Waals surface area contributed by atoms with Gasteiger partial charge in [-0.1, -0.05) is 0 Å². The van der Waals surface area contributed by atoms with E-state index in [4.69, 9.17) is 10.4 Å². The van der Waals surface area contributed by atoms with Gasteiger partial charge in [0.1, 0.15) is 11.8 Å². The lowest BCUT2D eigenvalue weighted by atomic mass is 10.1. The highest BCUT2D eigenvalue weighted by Gasteiger charge is 2.15. The van der Waals surface area contributed by atoms with Gasteiger partial charge in [-0.2, -0.15) is 5.26 Å². The van der Waals surface area contributed by atoms with Gasteiger partial charge in [0.2, 0.25) is 0 Å². The number of nitriles is 1. The zero-order chi connectivity index (χ0) is 9.30. The van der Waals surface area contributed by atoms with Crippen LogP contribution in [-0.4, -0.2) is 16.1 Å². The van der Waals surface area contributed by atoms with Crippen LogP contribution in [-0.2, 0) is 0 Å². The molecule has 1 aromatic rings. The van der Waals surface area contributed by atoms with E-state index < -0.39 is 5.97 Å². The fraction of sp³-hybridized carbons (Fsp3) is 0.250. The maximum atomic E-state index is 10.6. The summed E-state index contributed by atoms with van der Waals surface area (Å²) in [5, 5.41) is 17.3. The van der Waals surface area contributed by atoms with Gasteiger partial charge in [0.25, 0.3) is 0 Å². The molecule has 62 valence electrons. The molecule has 1 heterocycles. The van der Waals surface area contributed by atoms with Gasteiger partial charge in [0, 0.05) is 5.69 Å². The Morgan fingerprint density at radius 2 is 2.17 bits per heavy atom. The number of aromatic carboxylic acids is 1. The first-order valence-corrected chi connectivity index (χ1v) is 3.40. The van der Waals surface area contributed by atoms with Gasteiger partial charge < -0.3 is 10.1 Å². The predicted molar refractivity (Wildman–Crippen MR) is 41.9 cm³/mol. The number of hydrogen-bond donors (Lipinski definition) is 2. The van der Waals surface area contributed by atoms with Crippen molar-refractivity contribution in [2.24, 2.45) is 0 Å². The van der Waals surface area contributed by atoms with Crippen LogP contribution >= 0.6 is 0 Å². The molecule has 0 saturated heterocycles. The number of nitrogens with one attached hydrogen (secondary N) is 1. The second-order valence-electron chi connectivity index (χ2n) is 2.54. The fourth-order valence-corrected chi connectivity index (χ4v) is 1.13. The Bertz CT molecular complexity index is 371. The summed E-state index contributed by atoms with van der Waals surface area (Å²) in [7, 11) is 0. The number of rotatable bonds is 1. The third-order valence-corrected chi connectivity index (χ3v) is 1.76. The van der Waals surface area contributed by atoms with Crippen molar-refractivity contribution in [2.75, 3.05) is 0 Å². The lowest BCUT2D eigenvalue weighted by molar-refractivity contribution is 0.0690. The Hall–Kier alpha value is -1.76. The number of H-pyrrole nitrogens is 1. The maximum absolute atomic E-state index is 10.6. The van der Waals surface area contributed by atoms with Crippen LogP contribution in [0.2, 0.25) is 0 Å². The zero-order valence-corrected chi connectivity index (χ0v) is 6.80. The van der Waals surface area contributed by atoms with Crippen molar-refractivity contribution in [1.29, 1.82) is 5.26 Å². The van der Waals surface area contributed by atoms with Gasteiger partial charge >= 0.3 is 5.97 Å². The van der Waals surface area contributed by atoms with Crippen molar-refractivity contribution in [2.45, 2.75) is 13.8 Å². The third kappa shape index (κ3) is 1.05. The van der Waals surface area contributed by atoms with Crippen LogP contribution in [0.15, 0.2) is 0 Å². The van der Waals surface area contributed by atoms with Crippen LogP contribution in [0.5, 0.6) is 0 Å². The highest BCUT2D eigenvalue weighted by atomic mass is 16.4. The van der Waals surface area contributed by atoms with E-state index in [2.05, 4.69) is 4.98 Å². The number of nitrogens with zero attached hydrogens (tertiary/aromatic N) is 1. The number of aryl methyl sites for hydroxylation is 1. The maximum Gasteiger partial charge on any atom is 0.352 e. The molecule has 0 aliphatic heterocycles. The molecule has 0 unspecified atom stereocenters. The zero-order valence-electron chi connectivity index (χ0n) is 6.80. The van der Waals surface area contributed by atoms with E-state index in [0.29, 0.717) is 16.8 Å². The molecule has 0 aliphatic carbocycles. The molecule has 0 aromatic carbocycles. The number of carboxylic acids is 1. The van der Waals surface area contributed by atoms with Crippen LogP contribution < -0.4 is 0 Å². The van der Waals surface area contributed by atoms with E-state index in [-0.39, 0.29) is 5.69 Å². The Morgan fingerprint density at radius 3 is 2.42 bits per heavy atom. The van der Waals surface area contributed by atoms with Crippen molar-refractivity contribution in [3.05, 3.63) is 22.5 Å². The van der Waals surface area contributed by atoms with Crippen LogP contribution in [0.25, 0.3) is 0 Å². The lowest BCUT2D eigenvalue weighted by Gasteiger charge is -1.89. The molecular formula is C8H8N2O2. The molecular weight excluding hydrogens is 156 g/mol. The highest BCUT2D eigenvalue weighted by molar-refractivity contribution is 5.88. The van der Waals surface area contributed by atoms with Gasteiger partial charge in [0.15, 0.2) is 0 Å². The third-order valence-electron chi connectivity index (χ3n) is 1.76. The second kappa shape index (κ2) is 2.70. The smallest absolute Gasteiger partial charge is 0.352 e. The largest absolute Gasteiger partial charge is 0.477 e. The van der Waals surface area contributed by atoms with Crippen molar-refractivity contribution in [3.63, 3.8) is 0 Å². The average Bonchev–Trinajstić information content (AvgIpc) is 2.27. The Labute approximate surface area is 69.4 Å². The summed E-state index contributed by atoms with van der Waals surface area (Å²) in [4.78, 5) is 13.2. The molecule has 0 fully saturated rings. The summed E-state index contributed by atoms with van der Waals surface area (Å²) >= 11 is 0. The Morgan fingerprint density at radius 1 is 1.58 bits per heavy atom. The van der Waals surface area contributed by atoms with E-state index in [1.165, 1.54) is 0 Å². The molecule has 0 amide bonds. The van der Waals surface area contributed by atoms with E-state index in [0.717, 1.165) is 0 Å². The topological polar surface area (TPSA) is 76.9 Å². The van der Waals surface area contributed by atoms with Crippen LogP contribution in [0.1, 0.15) is 27.3 Å². The molecule has 2 N–H and O–H groups in total.